The summed E-state index contributed by atoms with van der Waals surface area (Å²) < 4.78 is 32.5. The Hall–Kier alpha value is -2.54. The molecular weight excluding hydrogens is 352 g/mol. The molecule has 140 valence electrons. The Labute approximate surface area is 154 Å². The first-order valence-corrected chi connectivity index (χ1v) is 9.71. The molecule has 0 heterocycles. The molecule has 2 rings (SSSR count). The molecular formula is C19H24N2O4S. The van der Waals surface area contributed by atoms with E-state index in [0.29, 0.717) is 11.4 Å². The molecule has 1 amide bonds. The molecule has 0 aliphatic carbocycles. The summed E-state index contributed by atoms with van der Waals surface area (Å²) in [6.07, 6.45) is 0. The second-order valence-electron chi connectivity index (χ2n) is 6.24. The van der Waals surface area contributed by atoms with Crippen LogP contribution in [0.4, 0.5) is 5.69 Å². The number of hydrogen-bond donors (Lipinski definition) is 1. The predicted octanol–water partition coefficient (Wildman–Crippen LogP) is 2.72. The summed E-state index contributed by atoms with van der Waals surface area (Å²) in [6.45, 7) is 5.27. The van der Waals surface area contributed by atoms with Gasteiger partial charge in [-0.15, -0.1) is 0 Å². The van der Waals surface area contributed by atoms with Crippen LogP contribution in [0.25, 0.3) is 0 Å². The van der Waals surface area contributed by atoms with Crippen LogP contribution in [-0.2, 0) is 14.8 Å². The standard InChI is InChI=1S/C19H24N2O4S/c1-14(2)20-19(22)13-21(16-7-5-15(3)6-8-16)26(23,24)18-11-9-17(25-4)10-12-18/h5-12,14H,13H2,1-4H3,(H,20,22). The number of ether oxygens (including phenoxy) is 1. The van der Waals surface area contributed by atoms with Gasteiger partial charge in [-0.1, -0.05) is 17.7 Å². The zero-order valence-electron chi connectivity index (χ0n) is 15.4. The second kappa shape index (κ2) is 8.23. The first kappa shape index (κ1) is 19.8. The monoisotopic (exact) mass is 376 g/mol. The number of aryl methyl sites for hydroxylation is 1. The fraction of sp³-hybridized carbons (Fsp3) is 0.316. The summed E-state index contributed by atoms with van der Waals surface area (Å²) >= 11 is 0. The molecule has 0 aromatic heterocycles. The van der Waals surface area contributed by atoms with Gasteiger partial charge in [-0.05, 0) is 57.2 Å². The zero-order chi connectivity index (χ0) is 19.3. The van der Waals surface area contributed by atoms with Crippen LogP contribution in [0.5, 0.6) is 5.75 Å². The normalized spacial score (nSPS) is 11.3. The van der Waals surface area contributed by atoms with E-state index in [4.69, 9.17) is 4.74 Å². The number of hydrogen-bond acceptors (Lipinski definition) is 4. The van der Waals surface area contributed by atoms with Gasteiger partial charge in [0.25, 0.3) is 10.0 Å². The highest BCUT2D eigenvalue weighted by Crippen LogP contribution is 2.25. The van der Waals surface area contributed by atoms with Gasteiger partial charge < -0.3 is 10.1 Å². The molecule has 0 radical (unpaired) electrons. The van der Waals surface area contributed by atoms with Gasteiger partial charge in [0.1, 0.15) is 12.3 Å². The van der Waals surface area contributed by atoms with E-state index in [2.05, 4.69) is 5.32 Å². The number of nitrogens with one attached hydrogen (secondary N) is 1. The van der Waals surface area contributed by atoms with Crippen molar-refractivity contribution < 1.29 is 17.9 Å². The Morgan fingerprint density at radius 2 is 1.65 bits per heavy atom. The van der Waals surface area contributed by atoms with E-state index in [9.17, 15) is 13.2 Å². The number of sulfonamides is 1. The lowest BCUT2D eigenvalue weighted by atomic mass is 10.2. The minimum atomic E-state index is -3.91. The lowest BCUT2D eigenvalue weighted by Crippen LogP contribution is -2.42. The van der Waals surface area contributed by atoms with Gasteiger partial charge in [-0.2, -0.15) is 0 Å². The first-order chi connectivity index (χ1) is 12.2. The Kier molecular flexibility index (Phi) is 6.26. The average Bonchev–Trinajstić information content (AvgIpc) is 2.60. The minimum absolute atomic E-state index is 0.0777. The van der Waals surface area contributed by atoms with Crippen molar-refractivity contribution in [2.45, 2.75) is 31.7 Å². The van der Waals surface area contributed by atoms with Crippen molar-refractivity contribution >= 4 is 21.6 Å². The average molecular weight is 376 g/mol. The van der Waals surface area contributed by atoms with Gasteiger partial charge in [0.2, 0.25) is 5.91 Å². The highest BCUT2D eigenvalue weighted by atomic mass is 32.2. The Balaban J connectivity index is 2.43. The van der Waals surface area contributed by atoms with Crippen molar-refractivity contribution in [3.05, 3.63) is 54.1 Å². The van der Waals surface area contributed by atoms with Gasteiger partial charge in [0.05, 0.1) is 17.7 Å². The molecule has 0 fully saturated rings. The maximum atomic E-state index is 13.1. The van der Waals surface area contributed by atoms with Gasteiger partial charge in [0, 0.05) is 6.04 Å². The molecule has 0 atom stereocenters. The molecule has 0 saturated carbocycles. The molecule has 0 saturated heterocycles. The molecule has 0 spiro atoms. The Morgan fingerprint density at radius 3 is 2.15 bits per heavy atom. The van der Waals surface area contributed by atoms with E-state index in [1.54, 1.807) is 24.3 Å². The highest BCUT2D eigenvalue weighted by Gasteiger charge is 2.27. The number of methoxy groups -OCH3 is 1. The smallest absolute Gasteiger partial charge is 0.264 e. The predicted molar refractivity (Wildman–Crippen MR) is 102 cm³/mol. The lowest BCUT2D eigenvalue weighted by Gasteiger charge is -2.24. The summed E-state index contributed by atoms with van der Waals surface area (Å²) in [4.78, 5) is 12.3. The zero-order valence-corrected chi connectivity index (χ0v) is 16.2. The minimum Gasteiger partial charge on any atom is -0.497 e. The van der Waals surface area contributed by atoms with Crippen molar-refractivity contribution in [1.29, 1.82) is 0 Å². The van der Waals surface area contributed by atoms with Gasteiger partial charge in [-0.25, -0.2) is 8.42 Å². The van der Waals surface area contributed by atoms with Crippen molar-refractivity contribution in [1.82, 2.24) is 5.32 Å². The van der Waals surface area contributed by atoms with E-state index >= 15 is 0 Å². The molecule has 0 unspecified atom stereocenters. The van der Waals surface area contributed by atoms with Crippen LogP contribution >= 0.6 is 0 Å². The van der Waals surface area contributed by atoms with Crippen LogP contribution in [0.3, 0.4) is 0 Å². The van der Waals surface area contributed by atoms with Crippen LogP contribution in [0, 0.1) is 6.92 Å². The molecule has 2 aromatic carbocycles. The van der Waals surface area contributed by atoms with Crippen LogP contribution < -0.4 is 14.4 Å². The molecule has 0 aliphatic rings. The first-order valence-electron chi connectivity index (χ1n) is 8.27. The van der Waals surface area contributed by atoms with E-state index in [1.165, 1.54) is 19.2 Å². The topological polar surface area (TPSA) is 75.7 Å². The third-order valence-corrected chi connectivity index (χ3v) is 5.49. The number of benzene rings is 2. The van der Waals surface area contributed by atoms with Crippen LogP contribution in [-0.4, -0.2) is 34.0 Å². The maximum Gasteiger partial charge on any atom is 0.264 e. The fourth-order valence-electron chi connectivity index (χ4n) is 2.40. The van der Waals surface area contributed by atoms with E-state index in [1.807, 2.05) is 32.9 Å². The second-order valence-corrected chi connectivity index (χ2v) is 8.11. The number of amides is 1. The van der Waals surface area contributed by atoms with Crippen LogP contribution in [0.15, 0.2) is 53.4 Å². The van der Waals surface area contributed by atoms with Crippen molar-refractivity contribution in [3.8, 4) is 5.75 Å². The molecule has 6 nitrogen and oxygen atoms in total. The maximum absolute atomic E-state index is 13.1. The summed E-state index contributed by atoms with van der Waals surface area (Å²) in [5, 5.41) is 2.73. The van der Waals surface area contributed by atoms with Gasteiger partial charge >= 0.3 is 0 Å². The number of nitrogens with zero attached hydrogens (tertiary/aromatic N) is 1. The SMILES string of the molecule is COc1ccc(S(=O)(=O)N(CC(=O)NC(C)C)c2ccc(C)cc2)cc1. The number of carbonyl (C=O) groups is 1. The Morgan fingerprint density at radius 1 is 1.08 bits per heavy atom. The number of carbonyl (C=O) groups excluding carboxylic acids is 1. The molecule has 7 heteroatoms. The summed E-state index contributed by atoms with van der Waals surface area (Å²) in [6, 6.07) is 13.0. The quantitative estimate of drug-likeness (QED) is 0.806. The molecule has 26 heavy (non-hydrogen) atoms. The third-order valence-electron chi connectivity index (χ3n) is 3.71. The third kappa shape index (κ3) is 4.76. The molecule has 0 bridgehead atoms. The number of anilines is 1. The van der Waals surface area contributed by atoms with E-state index in [0.717, 1.165) is 9.87 Å². The van der Waals surface area contributed by atoms with E-state index in [-0.39, 0.29) is 23.4 Å². The van der Waals surface area contributed by atoms with Crippen LogP contribution in [0.1, 0.15) is 19.4 Å². The summed E-state index contributed by atoms with van der Waals surface area (Å²) in [5.74, 6) is 0.195. The largest absolute Gasteiger partial charge is 0.497 e. The van der Waals surface area contributed by atoms with Crippen LogP contribution in [0.2, 0.25) is 0 Å². The summed E-state index contributed by atoms with van der Waals surface area (Å²) in [5.41, 5.74) is 1.44. The van der Waals surface area contributed by atoms with Crippen molar-refractivity contribution in [3.63, 3.8) is 0 Å². The lowest BCUT2D eigenvalue weighted by molar-refractivity contribution is -0.120. The molecule has 2 aromatic rings. The highest BCUT2D eigenvalue weighted by molar-refractivity contribution is 7.92. The molecule has 0 aliphatic heterocycles. The molecule has 1 N–H and O–H groups in total. The van der Waals surface area contributed by atoms with E-state index < -0.39 is 10.0 Å². The van der Waals surface area contributed by atoms with Crippen molar-refractivity contribution in [2.24, 2.45) is 0 Å². The Bertz CT molecular complexity index is 844. The number of rotatable bonds is 7. The summed E-state index contributed by atoms with van der Waals surface area (Å²) in [7, 11) is -2.39. The van der Waals surface area contributed by atoms with Crippen molar-refractivity contribution in [2.75, 3.05) is 18.0 Å². The fourth-order valence-corrected chi connectivity index (χ4v) is 3.82. The van der Waals surface area contributed by atoms with Gasteiger partial charge in [0.15, 0.2) is 0 Å². The van der Waals surface area contributed by atoms with Gasteiger partial charge in [-0.3, -0.25) is 9.10 Å².